The normalized spacial score (nSPS) is 19.1. The van der Waals surface area contributed by atoms with Gasteiger partial charge in [-0.05, 0) is 25.0 Å². The highest BCUT2D eigenvalue weighted by molar-refractivity contribution is 14.1. The molecule has 6 rings (SSSR count). The number of rotatable bonds is 8. The molecule has 2 fully saturated rings. The third kappa shape index (κ3) is 5.20. The molecule has 0 bridgehead atoms. The Balaban J connectivity index is 1.33. The standard InChI is InChI=1S/C28H38IN9O2/c1-19(16-29)23(18-39)36-10-8-35(9-11-36)17-24-31-25-26(34(24)3)32-28(33-27(25)37-12-14-40-15-13-37)38-20(2)30-21-6-4-5-7-22(21)38/h4-7,19,23,39H,8-18H2,1-3H3. The Kier molecular flexibility index (Phi) is 8.22. The Morgan fingerprint density at radius 1 is 1.00 bits per heavy atom. The predicted octanol–water partition coefficient (Wildman–Crippen LogP) is 2.40. The van der Waals surface area contributed by atoms with Crippen LogP contribution in [0.5, 0.6) is 0 Å². The fourth-order valence-electron chi connectivity index (χ4n) is 5.93. The van der Waals surface area contributed by atoms with E-state index in [2.05, 4.69) is 61.9 Å². The lowest BCUT2D eigenvalue weighted by Gasteiger charge is -2.40. The van der Waals surface area contributed by atoms with Crippen molar-refractivity contribution >= 4 is 50.6 Å². The van der Waals surface area contributed by atoms with E-state index in [-0.39, 0.29) is 12.6 Å². The number of benzene rings is 1. The third-order valence-electron chi connectivity index (χ3n) is 8.35. The van der Waals surface area contributed by atoms with E-state index in [9.17, 15) is 5.11 Å². The first-order valence-electron chi connectivity index (χ1n) is 14.1. The molecule has 0 aliphatic carbocycles. The van der Waals surface area contributed by atoms with E-state index in [0.717, 1.165) is 89.9 Å². The van der Waals surface area contributed by atoms with Crippen molar-refractivity contribution in [3.8, 4) is 5.95 Å². The number of piperazine rings is 1. The number of hydrogen-bond donors (Lipinski definition) is 1. The summed E-state index contributed by atoms with van der Waals surface area (Å²) >= 11 is 2.42. The van der Waals surface area contributed by atoms with Gasteiger partial charge in [-0.15, -0.1) is 0 Å². The number of anilines is 1. The van der Waals surface area contributed by atoms with Crippen LogP contribution in [0.2, 0.25) is 0 Å². The maximum atomic E-state index is 10.00. The van der Waals surface area contributed by atoms with Gasteiger partial charge in [0.2, 0.25) is 5.95 Å². The second kappa shape index (κ2) is 11.8. The number of aliphatic hydroxyl groups is 1. The number of aryl methyl sites for hydroxylation is 2. The summed E-state index contributed by atoms with van der Waals surface area (Å²) in [6.45, 7) is 11.9. The van der Waals surface area contributed by atoms with Crippen LogP contribution in [-0.2, 0) is 18.3 Å². The molecule has 40 heavy (non-hydrogen) atoms. The lowest BCUT2D eigenvalue weighted by molar-refractivity contribution is 0.0425. The number of fused-ring (bicyclic) bond motifs is 2. The molecular weight excluding hydrogens is 621 g/mol. The van der Waals surface area contributed by atoms with Crippen LogP contribution in [0, 0.1) is 12.8 Å². The van der Waals surface area contributed by atoms with Gasteiger partial charge in [-0.2, -0.15) is 9.97 Å². The van der Waals surface area contributed by atoms with Gasteiger partial charge in [0.05, 0.1) is 37.4 Å². The molecule has 2 aliphatic heterocycles. The van der Waals surface area contributed by atoms with Crippen LogP contribution < -0.4 is 4.90 Å². The Morgan fingerprint density at radius 2 is 1.75 bits per heavy atom. The monoisotopic (exact) mass is 659 g/mol. The number of nitrogens with zero attached hydrogens (tertiary/aromatic N) is 9. The van der Waals surface area contributed by atoms with Gasteiger partial charge >= 0.3 is 0 Å². The number of para-hydroxylation sites is 2. The lowest BCUT2D eigenvalue weighted by Crippen LogP contribution is -2.53. The molecule has 12 heteroatoms. The van der Waals surface area contributed by atoms with Gasteiger partial charge in [0.15, 0.2) is 17.0 Å². The Bertz CT molecular complexity index is 1470. The zero-order valence-corrected chi connectivity index (χ0v) is 25.7. The fraction of sp³-hybridized carbons (Fsp3) is 0.571. The van der Waals surface area contributed by atoms with Gasteiger partial charge < -0.3 is 19.3 Å². The van der Waals surface area contributed by atoms with E-state index < -0.39 is 0 Å². The SMILES string of the molecule is Cc1nc2ccccc2n1-c1nc(N2CCOCC2)c2nc(CN3CCN(C(CO)C(C)CI)CC3)n(C)c2n1. The molecule has 2 unspecified atom stereocenters. The van der Waals surface area contributed by atoms with Crippen LogP contribution >= 0.6 is 22.6 Å². The van der Waals surface area contributed by atoms with Crippen molar-refractivity contribution < 1.29 is 9.84 Å². The molecule has 2 aliphatic rings. The molecule has 11 nitrogen and oxygen atoms in total. The zero-order chi connectivity index (χ0) is 27.8. The molecule has 4 aromatic rings. The highest BCUT2D eigenvalue weighted by atomic mass is 127. The number of aromatic nitrogens is 6. The summed E-state index contributed by atoms with van der Waals surface area (Å²) in [5.74, 6) is 3.77. The molecular formula is C28H38IN9O2. The molecule has 1 N–H and O–H groups in total. The number of hydrogen-bond acceptors (Lipinski definition) is 9. The second-order valence-corrected chi connectivity index (χ2v) is 11.8. The van der Waals surface area contributed by atoms with Crippen molar-refractivity contribution in [3.05, 3.63) is 35.9 Å². The molecule has 3 aromatic heterocycles. The number of imidazole rings is 2. The molecule has 2 saturated heterocycles. The number of morpholine rings is 1. The summed E-state index contributed by atoms with van der Waals surface area (Å²) in [5.41, 5.74) is 3.58. The molecule has 0 saturated carbocycles. The van der Waals surface area contributed by atoms with Gasteiger partial charge in [0, 0.05) is 56.8 Å². The van der Waals surface area contributed by atoms with Gasteiger partial charge in [0.25, 0.3) is 0 Å². The smallest absolute Gasteiger partial charge is 0.239 e. The number of ether oxygens (including phenoxy) is 1. The molecule has 0 spiro atoms. The quantitative estimate of drug-likeness (QED) is 0.226. The number of aliphatic hydroxyl groups excluding tert-OH is 1. The van der Waals surface area contributed by atoms with E-state index in [1.165, 1.54) is 0 Å². The third-order valence-corrected chi connectivity index (χ3v) is 9.74. The van der Waals surface area contributed by atoms with Gasteiger partial charge in [-0.3, -0.25) is 14.4 Å². The molecule has 1 aromatic carbocycles. The summed E-state index contributed by atoms with van der Waals surface area (Å²) in [6, 6.07) is 8.33. The molecule has 214 valence electrons. The maximum absolute atomic E-state index is 10.00. The van der Waals surface area contributed by atoms with Gasteiger partial charge in [-0.1, -0.05) is 41.6 Å². The van der Waals surface area contributed by atoms with Crippen molar-refractivity contribution in [2.75, 3.05) is 68.4 Å². The number of halogens is 1. The summed E-state index contributed by atoms with van der Waals surface area (Å²) in [5, 5.41) is 10.00. The predicted molar refractivity (Wildman–Crippen MR) is 164 cm³/mol. The summed E-state index contributed by atoms with van der Waals surface area (Å²) in [6.07, 6.45) is 0. The average molecular weight is 660 g/mol. The summed E-state index contributed by atoms with van der Waals surface area (Å²) in [7, 11) is 2.06. The minimum atomic E-state index is 0.214. The first-order valence-corrected chi connectivity index (χ1v) is 15.6. The molecule has 2 atom stereocenters. The van der Waals surface area contributed by atoms with Crippen LogP contribution in [-0.4, -0.2) is 114 Å². The fourth-order valence-corrected chi connectivity index (χ4v) is 6.51. The molecule has 5 heterocycles. The van der Waals surface area contributed by atoms with E-state index in [4.69, 9.17) is 24.7 Å². The zero-order valence-electron chi connectivity index (χ0n) is 23.5. The van der Waals surface area contributed by atoms with E-state index in [1.807, 2.05) is 29.7 Å². The van der Waals surface area contributed by atoms with Crippen LogP contribution in [0.4, 0.5) is 5.82 Å². The molecule has 0 amide bonds. The molecule has 0 radical (unpaired) electrons. The van der Waals surface area contributed by atoms with Crippen LogP contribution in [0.25, 0.3) is 28.1 Å². The second-order valence-electron chi connectivity index (χ2n) is 10.9. The van der Waals surface area contributed by atoms with Crippen molar-refractivity contribution in [2.45, 2.75) is 26.4 Å². The first kappa shape index (κ1) is 27.8. The van der Waals surface area contributed by atoms with Crippen LogP contribution in [0.15, 0.2) is 24.3 Å². The van der Waals surface area contributed by atoms with E-state index in [1.54, 1.807) is 0 Å². The highest BCUT2D eigenvalue weighted by Gasteiger charge is 2.29. The summed E-state index contributed by atoms with van der Waals surface area (Å²) in [4.78, 5) is 27.2. The van der Waals surface area contributed by atoms with Crippen molar-refractivity contribution in [3.63, 3.8) is 0 Å². The van der Waals surface area contributed by atoms with Crippen LogP contribution in [0.1, 0.15) is 18.6 Å². The minimum absolute atomic E-state index is 0.214. The Labute approximate surface area is 248 Å². The summed E-state index contributed by atoms with van der Waals surface area (Å²) < 4.78 is 10.9. The Hall–Kier alpha value is -2.39. The van der Waals surface area contributed by atoms with E-state index in [0.29, 0.717) is 25.1 Å². The van der Waals surface area contributed by atoms with Crippen molar-refractivity contribution in [1.29, 1.82) is 0 Å². The lowest BCUT2D eigenvalue weighted by atomic mass is 10.0. The van der Waals surface area contributed by atoms with Crippen molar-refractivity contribution in [1.82, 2.24) is 38.9 Å². The van der Waals surface area contributed by atoms with E-state index >= 15 is 0 Å². The largest absolute Gasteiger partial charge is 0.395 e. The Morgan fingerprint density at radius 3 is 2.48 bits per heavy atom. The first-order chi connectivity index (χ1) is 19.5. The maximum Gasteiger partial charge on any atom is 0.239 e. The average Bonchev–Trinajstić information content (AvgIpc) is 3.49. The minimum Gasteiger partial charge on any atom is -0.395 e. The number of alkyl halides is 1. The van der Waals surface area contributed by atoms with Crippen LogP contribution in [0.3, 0.4) is 0 Å². The van der Waals surface area contributed by atoms with Gasteiger partial charge in [0.1, 0.15) is 11.6 Å². The van der Waals surface area contributed by atoms with Crippen molar-refractivity contribution in [2.24, 2.45) is 13.0 Å². The highest BCUT2D eigenvalue weighted by Crippen LogP contribution is 2.28. The van der Waals surface area contributed by atoms with Gasteiger partial charge in [-0.25, -0.2) is 9.97 Å². The topological polar surface area (TPSA) is 101 Å².